The van der Waals surface area contributed by atoms with Crippen LogP contribution in [0.1, 0.15) is 53.4 Å². The molecule has 2 amide bonds. The van der Waals surface area contributed by atoms with E-state index in [-0.39, 0.29) is 24.6 Å². The molecule has 0 unspecified atom stereocenters. The molecule has 35 heavy (non-hydrogen) atoms. The number of anilines is 1. The summed E-state index contributed by atoms with van der Waals surface area (Å²) in [5.41, 5.74) is 1.26. The minimum atomic E-state index is -0.877. The zero-order valence-corrected chi connectivity index (χ0v) is 20.4. The highest BCUT2D eigenvalue weighted by atomic mass is 32.1. The first-order chi connectivity index (χ1) is 17.1. The average molecular weight is 493 g/mol. The number of benzene rings is 2. The van der Waals surface area contributed by atoms with Gasteiger partial charge in [-0.1, -0.05) is 37.5 Å². The predicted octanol–water partition coefficient (Wildman–Crippen LogP) is 5.32. The third kappa shape index (κ3) is 4.98. The van der Waals surface area contributed by atoms with Crippen LogP contribution in [0.3, 0.4) is 0 Å². The van der Waals surface area contributed by atoms with Crippen molar-refractivity contribution < 1.29 is 23.8 Å². The van der Waals surface area contributed by atoms with Crippen molar-refractivity contribution in [1.29, 1.82) is 0 Å². The van der Waals surface area contributed by atoms with Crippen molar-refractivity contribution in [1.82, 2.24) is 5.32 Å². The van der Waals surface area contributed by atoms with Crippen LogP contribution in [0.5, 0.6) is 17.2 Å². The van der Waals surface area contributed by atoms with E-state index < -0.39 is 6.04 Å². The van der Waals surface area contributed by atoms with Crippen LogP contribution < -0.4 is 24.4 Å². The Labute approximate surface area is 208 Å². The Morgan fingerprint density at radius 2 is 1.80 bits per heavy atom. The number of methoxy groups -OCH3 is 1. The van der Waals surface area contributed by atoms with Crippen molar-refractivity contribution in [3.05, 3.63) is 70.4 Å². The molecule has 5 rings (SSSR count). The summed E-state index contributed by atoms with van der Waals surface area (Å²) in [6.07, 6.45) is 5.28. The van der Waals surface area contributed by atoms with Gasteiger partial charge in [0.15, 0.2) is 11.5 Å². The van der Waals surface area contributed by atoms with Gasteiger partial charge in [-0.05, 0) is 54.1 Å². The highest BCUT2D eigenvalue weighted by Crippen LogP contribution is 2.39. The number of fused-ring (bicyclic) bond motifs is 1. The molecule has 1 aromatic heterocycles. The van der Waals surface area contributed by atoms with Gasteiger partial charge >= 0.3 is 0 Å². The maximum Gasteiger partial charge on any atom is 0.269 e. The summed E-state index contributed by atoms with van der Waals surface area (Å²) in [6, 6.07) is 15.5. The quantitative estimate of drug-likeness (QED) is 0.483. The van der Waals surface area contributed by atoms with Crippen LogP contribution in [-0.4, -0.2) is 31.8 Å². The van der Waals surface area contributed by atoms with Gasteiger partial charge in [-0.15, -0.1) is 11.3 Å². The number of hydrogen-bond acceptors (Lipinski definition) is 6. The molecule has 182 valence electrons. The topological polar surface area (TPSA) is 77.1 Å². The molecule has 2 heterocycles. The lowest BCUT2D eigenvalue weighted by Crippen LogP contribution is -2.47. The summed E-state index contributed by atoms with van der Waals surface area (Å²) in [6.45, 7) is 0.127. The zero-order valence-electron chi connectivity index (χ0n) is 19.6. The fourth-order valence-electron chi connectivity index (χ4n) is 4.67. The van der Waals surface area contributed by atoms with Crippen LogP contribution in [0.2, 0.25) is 0 Å². The molecule has 0 radical (unpaired) electrons. The highest BCUT2D eigenvalue weighted by Gasteiger charge is 2.35. The summed E-state index contributed by atoms with van der Waals surface area (Å²) in [4.78, 5) is 29.9. The van der Waals surface area contributed by atoms with Gasteiger partial charge in [0.05, 0.1) is 12.0 Å². The van der Waals surface area contributed by atoms with Crippen LogP contribution in [0, 0.1) is 0 Å². The van der Waals surface area contributed by atoms with Crippen LogP contribution in [0.4, 0.5) is 5.69 Å². The minimum absolute atomic E-state index is 0.104. The second-order valence-corrected chi connectivity index (χ2v) is 9.66. The SMILES string of the molecule is COc1ccc([C@@H](C(=O)NC2CCCCC2)N(C(=O)c2cccs2)c2ccc3c(c2)OCO3)cc1. The van der Waals surface area contributed by atoms with Crippen molar-refractivity contribution >= 4 is 28.8 Å². The molecule has 1 aliphatic carbocycles. The molecular formula is C27H28N2O5S. The van der Waals surface area contributed by atoms with E-state index in [1.165, 1.54) is 17.8 Å². The number of ether oxygens (including phenoxy) is 3. The highest BCUT2D eigenvalue weighted by molar-refractivity contribution is 7.12. The Morgan fingerprint density at radius 1 is 1.03 bits per heavy atom. The normalized spacial score (nSPS) is 15.9. The van der Waals surface area contributed by atoms with Gasteiger partial charge in [-0.2, -0.15) is 0 Å². The minimum Gasteiger partial charge on any atom is -0.497 e. The number of carbonyl (C=O) groups is 2. The third-order valence-electron chi connectivity index (χ3n) is 6.47. The van der Waals surface area contributed by atoms with Gasteiger partial charge in [0, 0.05) is 17.8 Å². The molecule has 1 atom stereocenters. The smallest absolute Gasteiger partial charge is 0.269 e. The molecule has 0 saturated heterocycles. The summed E-state index contributed by atoms with van der Waals surface area (Å²) in [5, 5.41) is 5.09. The van der Waals surface area contributed by atoms with E-state index in [2.05, 4.69) is 5.32 Å². The first-order valence-electron chi connectivity index (χ1n) is 11.8. The number of amides is 2. The van der Waals surface area contributed by atoms with Gasteiger partial charge in [0.1, 0.15) is 11.8 Å². The lowest BCUT2D eigenvalue weighted by molar-refractivity contribution is -0.123. The van der Waals surface area contributed by atoms with E-state index in [9.17, 15) is 9.59 Å². The monoisotopic (exact) mass is 492 g/mol. The molecule has 0 bridgehead atoms. The Hall–Kier alpha value is -3.52. The molecule has 3 aromatic rings. The first-order valence-corrected chi connectivity index (χ1v) is 12.7. The molecular weight excluding hydrogens is 464 g/mol. The van der Waals surface area contributed by atoms with E-state index in [0.717, 1.165) is 25.7 Å². The van der Waals surface area contributed by atoms with E-state index >= 15 is 0 Å². The van der Waals surface area contributed by atoms with Gasteiger partial charge in [-0.25, -0.2) is 0 Å². The van der Waals surface area contributed by atoms with Crippen molar-refractivity contribution in [3.63, 3.8) is 0 Å². The van der Waals surface area contributed by atoms with Crippen LogP contribution in [0.25, 0.3) is 0 Å². The van der Waals surface area contributed by atoms with Crippen LogP contribution >= 0.6 is 11.3 Å². The van der Waals surface area contributed by atoms with Crippen molar-refractivity contribution in [2.45, 2.75) is 44.2 Å². The van der Waals surface area contributed by atoms with Gasteiger partial charge < -0.3 is 19.5 Å². The van der Waals surface area contributed by atoms with Gasteiger partial charge in [-0.3, -0.25) is 14.5 Å². The van der Waals surface area contributed by atoms with E-state index in [1.54, 1.807) is 36.3 Å². The molecule has 2 aromatic carbocycles. The number of rotatable bonds is 7. The molecule has 2 aliphatic rings. The van der Waals surface area contributed by atoms with E-state index in [4.69, 9.17) is 14.2 Å². The third-order valence-corrected chi connectivity index (χ3v) is 7.33. The Bertz CT molecular complexity index is 1170. The molecule has 1 fully saturated rings. The lowest BCUT2D eigenvalue weighted by atomic mass is 9.94. The molecule has 7 nitrogen and oxygen atoms in total. The number of carbonyl (C=O) groups excluding carboxylic acids is 2. The van der Waals surface area contributed by atoms with Gasteiger partial charge in [0.2, 0.25) is 12.7 Å². The molecule has 8 heteroatoms. The largest absolute Gasteiger partial charge is 0.497 e. The predicted molar refractivity (Wildman–Crippen MR) is 134 cm³/mol. The Morgan fingerprint density at radius 3 is 2.51 bits per heavy atom. The van der Waals surface area contributed by atoms with Gasteiger partial charge in [0.25, 0.3) is 5.91 Å². The molecule has 1 N–H and O–H groups in total. The Balaban J connectivity index is 1.58. The number of nitrogens with one attached hydrogen (secondary N) is 1. The van der Waals surface area contributed by atoms with Crippen molar-refractivity contribution in [2.75, 3.05) is 18.8 Å². The maximum atomic E-state index is 13.9. The fourth-order valence-corrected chi connectivity index (χ4v) is 5.33. The first kappa shape index (κ1) is 23.2. The van der Waals surface area contributed by atoms with Crippen molar-refractivity contribution in [2.24, 2.45) is 0 Å². The van der Waals surface area contributed by atoms with E-state index in [0.29, 0.717) is 33.4 Å². The average Bonchev–Trinajstić information content (AvgIpc) is 3.59. The summed E-state index contributed by atoms with van der Waals surface area (Å²) in [5.74, 6) is 1.39. The van der Waals surface area contributed by atoms with Crippen molar-refractivity contribution in [3.8, 4) is 17.2 Å². The summed E-state index contributed by atoms with van der Waals surface area (Å²) >= 11 is 1.35. The number of thiophene rings is 1. The lowest BCUT2D eigenvalue weighted by Gasteiger charge is -2.33. The molecule has 0 spiro atoms. The number of nitrogens with zero attached hydrogens (tertiary/aromatic N) is 1. The fraction of sp³-hybridized carbons (Fsp3) is 0.333. The van der Waals surface area contributed by atoms with Crippen LogP contribution in [-0.2, 0) is 4.79 Å². The second kappa shape index (κ2) is 10.4. The maximum absolute atomic E-state index is 13.9. The molecule has 1 saturated carbocycles. The standard InChI is InChI=1S/C27H28N2O5S/c1-32-21-12-9-18(10-13-21)25(26(30)28-19-6-3-2-4-7-19)29(27(31)24-8-5-15-35-24)20-11-14-22-23(16-20)34-17-33-22/h5,8-16,19,25H,2-4,6-7,17H2,1H3,(H,28,30)/t25-/m0/s1. The second-order valence-electron chi connectivity index (χ2n) is 8.71. The summed E-state index contributed by atoms with van der Waals surface area (Å²) < 4.78 is 16.4. The zero-order chi connectivity index (χ0) is 24.2. The molecule has 1 aliphatic heterocycles. The van der Waals surface area contributed by atoms with E-state index in [1.807, 2.05) is 35.7 Å². The number of hydrogen-bond donors (Lipinski definition) is 1. The van der Waals surface area contributed by atoms with Crippen LogP contribution in [0.15, 0.2) is 60.0 Å². The summed E-state index contributed by atoms with van der Waals surface area (Å²) in [7, 11) is 1.60. The Kier molecular flexibility index (Phi) is 6.90.